The van der Waals surface area contributed by atoms with Crippen molar-refractivity contribution in [3.8, 4) is 0 Å². The van der Waals surface area contributed by atoms with Crippen LogP contribution in [0.3, 0.4) is 0 Å². The first kappa shape index (κ1) is 33.2. The molecule has 12 nitrogen and oxygen atoms in total. The Hall–Kier alpha value is -5.34. The van der Waals surface area contributed by atoms with Crippen molar-refractivity contribution in [2.24, 2.45) is 0 Å². The van der Waals surface area contributed by atoms with E-state index in [1.807, 2.05) is 0 Å². The summed E-state index contributed by atoms with van der Waals surface area (Å²) >= 11 is 6.52. The van der Waals surface area contributed by atoms with Crippen molar-refractivity contribution in [1.82, 2.24) is 0 Å². The van der Waals surface area contributed by atoms with E-state index in [1.165, 1.54) is 36.4 Å². The van der Waals surface area contributed by atoms with E-state index in [2.05, 4.69) is 53.1 Å². The van der Waals surface area contributed by atoms with Gasteiger partial charge in [0.1, 0.15) is 0 Å². The number of carbonyl (C=O) groups excluding carboxylic acids is 4. The average molecular weight is 726 g/mol. The molecule has 0 aliphatic heterocycles. The standard InChI is InChI=1S/2C15H11BrN2O4/c2*16-9-5-7-10(8-6-9)17-13(19)14(20)18-12-4-2-1-3-11(12)15(21)22/h2*1-8H,(H,17,19)(H,18,20)(H,21,22). The zero-order valence-electron chi connectivity index (χ0n) is 22.3. The van der Waals surface area contributed by atoms with Crippen LogP contribution >= 0.6 is 31.9 Å². The molecule has 0 heterocycles. The van der Waals surface area contributed by atoms with Crippen molar-refractivity contribution in [2.45, 2.75) is 0 Å². The second kappa shape index (κ2) is 15.8. The van der Waals surface area contributed by atoms with Gasteiger partial charge in [-0.05, 0) is 72.8 Å². The summed E-state index contributed by atoms with van der Waals surface area (Å²) in [5.74, 6) is -6.05. The van der Waals surface area contributed by atoms with Crippen LogP contribution in [0.15, 0.2) is 106 Å². The highest BCUT2D eigenvalue weighted by Crippen LogP contribution is 2.18. The summed E-state index contributed by atoms with van der Waals surface area (Å²) in [5, 5.41) is 27.4. The fourth-order valence-corrected chi connectivity index (χ4v) is 3.89. The van der Waals surface area contributed by atoms with E-state index in [4.69, 9.17) is 10.2 Å². The molecular formula is C30H22Br2N4O8. The minimum Gasteiger partial charge on any atom is -0.478 e. The highest BCUT2D eigenvalue weighted by atomic mass is 79.9. The molecule has 6 N–H and O–H groups in total. The lowest BCUT2D eigenvalue weighted by molar-refractivity contribution is -0.133. The van der Waals surface area contributed by atoms with Crippen molar-refractivity contribution < 1.29 is 39.0 Å². The summed E-state index contributed by atoms with van der Waals surface area (Å²) in [7, 11) is 0. The predicted molar refractivity (Wildman–Crippen MR) is 170 cm³/mol. The van der Waals surface area contributed by atoms with Crippen LogP contribution in [-0.4, -0.2) is 45.8 Å². The number of carboxylic acid groups (broad SMARTS) is 2. The van der Waals surface area contributed by atoms with Crippen molar-refractivity contribution in [1.29, 1.82) is 0 Å². The fraction of sp³-hybridized carbons (Fsp3) is 0. The first-order valence-corrected chi connectivity index (χ1v) is 13.9. The minimum absolute atomic E-state index is 0.0611. The van der Waals surface area contributed by atoms with E-state index in [-0.39, 0.29) is 22.5 Å². The molecule has 0 bridgehead atoms. The molecule has 44 heavy (non-hydrogen) atoms. The molecule has 0 unspecified atom stereocenters. The highest BCUT2D eigenvalue weighted by Gasteiger charge is 2.19. The lowest BCUT2D eigenvalue weighted by Gasteiger charge is -2.08. The van der Waals surface area contributed by atoms with Crippen LogP contribution in [0, 0.1) is 0 Å². The van der Waals surface area contributed by atoms with Crippen LogP contribution in [0.4, 0.5) is 22.7 Å². The Morgan fingerprint density at radius 2 is 0.727 bits per heavy atom. The first-order valence-electron chi connectivity index (χ1n) is 12.3. The van der Waals surface area contributed by atoms with Gasteiger partial charge in [-0.25, -0.2) is 9.59 Å². The molecule has 0 aliphatic rings. The van der Waals surface area contributed by atoms with Gasteiger partial charge in [0.15, 0.2) is 0 Å². The lowest BCUT2D eigenvalue weighted by atomic mass is 10.2. The van der Waals surface area contributed by atoms with Crippen LogP contribution < -0.4 is 21.3 Å². The van der Waals surface area contributed by atoms with E-state index < -0.39 is 35.6 Å². The molecule has 224 valence electrons. The number of amides is 4. The molecule has 4 aromatic carbocycles. The molecule has 4 aromatic rings. The Morgan fingerprint density at radius 1 is 0.432 bits per heavy atom. The van der Waals surface area contributed by atoms with Crippen molar-refractivity contribution in [3.05, 3.63) is 117 Å². The van der Waals surface area contributed by atoms with Crippen LogP contribution in [0.2, 0.25) is 0 Å². The molecule has 0 saturated carbocycles. The summed E-state index contributed by atoms with van der Waals surface area (Å²) in [6.45, 7) is 0. The monoisotopic (exact) mass is 724 g/mol. The molecule has 0 fully saturated rings. The molecule has 0 spiro atoms. The predicted octanol–water partition coefficient (Wildman–Crippen LogP) is 5.45. The molecule has 0 aromatic heterocycles. The largest absolute Gasteiger partial charge is 0.478 e. The van der Waals surface area contributed by atoms with Crippen LogP contribution in [0.5, 0.6) is 0 Å². The van der Waals surface area contributed by atoms with Gasteiger partial charge in [0, 0.05) is 20.3 Å². The van der Waals surface area contributed by atoms with E-state index in [0.29, 0.717) is 11.4 Å². The van der Waals surface area contributed by atoms with Crippen molar-refractivity contribution >= 4 is 90.2 Å². The third-order valence-electron chi connectivity index (χ3n) is 5.43. The van der Waals surface area contributed by atoms with Gasteiger partial charge in [-0.3, -0.25) is 19.2 Å². The third kappa shape index (κ3) is 9.89. The quantitative estimate of drug-likeness (QED) is 0.141. The van der Waals surface area contributed by atoms with E-state index >= 15 is 0 Å². The third-order valence-corrected chi connectivity index (χ3v) is 6.49. The van der Waals surface area contributed by atoms with Gasteiger partial charge in [-0.1, -0.05) is 56.1 Å². The van der Waals surface area contributed by atoms with Gasteiger partial charge in [-0.2, -0.15) is 0 Å². The van der Waals surface area contributed by atoms with E-state index in [9.17, 15) is 28.8 Å². The van der Waals surface area contributed by atoms with Gasteiger partial charge < -0.3 is 31.5 Å². The topological polar surface area (TPSA) is 191 Å². The van der Waals surface area contributed by atoms with Gasteiger partial charge in [-0.15, -0.1) is 0 Å². The van der Waals surface area contributed by atoms with Crippen molar-refractivity contribution in [3.63, 3.8) is 0 Å². The smallest absolute Gasteiger partial charge is 0.337 e. The summed E-state index contributed by atoms with van der Waals surface area (Å²) in [6.07, 6.45) is 0. The van der Waals surface area contributed by atoms with Gasteiger partial charge in [0.05, 0.1) is 22.5 Å². The molecule has 0 saturated heterocycles. The van der Waals surface area contributed by atoms with Crippen LogP contribution in [0.25, 0.3) is 0 Å². The highest BCUT2D eigenvalue weighted by molar-refractivity contribution is 9.10. The molecule has 0 radical (unpaired) electrons. The second-order valence-corrected chi connectivity index (χ2v) is 10.4. The number of para-hydroxylation sites is 2. The fourth-order valence-electron chi connectivity index (χ4n) is 3.36. The number of carbonyl (C=O) groups is 6. The molecule has 14 heteroatoms. The number of nitrogens with one attached hydrogen (secondary N) is 4. The maximum atomic E-state index is 11.8. The molecular weight excluding hydrogens is 704 g/mol. The maximum absolute atomic E-state index is 11.8. The average Bonchev–Trinajstić information content (AvgIpc) is 3.00. The number of hydrogen-bond donors (Lipinski definition) is 6. The lowest BCUT2D eigenvalue weighted by Crippen LogP contribution is -2.29. The zero-order valence-corrected chi connectivity index (χ0v) is 25.5. The van der Waals surface area contributed by atoms with Gasteiger partial charge in [0.25, 0.3) is 0 Å². The Balaban J connectivity index is 0.000000240. The second-order valence-electron chi connectivity index (χ2n) is 8.53. The van der Waals surface area contributed by atoms with E-state index in [1.54, 1.807) is 60.7 Å². The summed E-state index contributed by atoms with van der Waals surface area (Å²) in [5.41, 5.74) is 0.848. The summed E-state index contributed by atoms with van der Waals surface area (Å²) in [4.78, 5) is 69.3. The first-order chi connectivity index (χ1) is 20.9. The number of halogens is 2. The van der Waals surface area contributed by atoms with Crippen LogP contribution in [0.1, 0.15) is 20.7 Å². The van der Waals surface area contributed by atoms with Gasteiger partial charge >= 0.3 is 35.6 Å². The normalized spacial score (nSPS) is 9.86. The SMILES string of the molecule is O=C(Nc1ccc(Br)cc1)C(=O)Nc1ccccc1C(=O)O.O=C(Nc1ccc(Br)cc1)C(=O)Nc1ccccc1C(=O)O. The number of benzene rings is 4. The number of carboxylic acids is 2. The Kier molecular flexibility index (Phi) is 11.9. The number of aromatic carboxylic acids is 2. The zero-order chi connectivity index (χ0) is 32.2. The Labute approximate surface area is 266 Å². The molecule has 0 aliphatic carbocycles. The molecule has 0 atom stereocenters. The minimum atomic E-state index is -1.19. The Bertz CT molecular complexity index is 1580. The maximum Gasteiger partial charge on any atom is 0.337 e. The molecule has 4 rings (SSSR count). The number of anilines is 4. The van der Waals surface area contributed by atoms with Gasteiger partial charge in [0.2, 0.25) is 0 Å². The number of hydrogen-bond acceptors (Lipinski definition) is 6. The van der Waals surface area contributed by atoms with Crippen LogP contribution in [-0.2, 0) is 19.2 Å². The van der Waals surface area contributed by atoms with Crippen molar-refractivity contribution in [2.75, 3.05) is 21.3 Å². The van der Waals surface area contributed by atoms with E-state index in [0.717, 1.165) is 8.95 Å². The summed E-state index contributed by atoms with van der Waals surface area (Å²) in [6, 6.07) is 25.0. The Morgan fingerprint density at radius 3 is 1.05 bits per heavy atom. The molecule has 4 amide bonds. The number of rotatable bonds is 6. The summed E-state index contributed by atoms with van der Waals surface area (Å²) < 4.78 is 1.68.